The molecule has 0 N–H and O–H groups in total. The van der Waals surface area contributed by atoms with E-state index in [1.165, 1.54) is 12.8 Å². The fourth-order valence-corrected chi connectivity index (χ4v) is 1.07. The van der Waals surface area contributed by atoms with Crippen LogP contribution in [0.2, 0.25) is 0 Å². The van der Waals surface area contributed by atoms with Gasteiger partial charge in [-0.25, -0.2) is 0 Å². The fraction of sp³-hybridized carbons (Fsp3) is 0.667. The van der Waals surface area contributed by atoms with E-state index in [4.69, 9.17) is 12.8 Å². The maximum absolute atomic E-state index is 5.26. The standard InChI is InChI=1S/C12H18/c1-5-11(3)9-7-8-10-12(4)6-2/h1-2,11-12H,7-10H2,3-4H3. The number of terminal acetylenes is 2. The van der Waals surface area contributed by atoms with Crippen molar-refractivity contribution >= 4 is 0 Å². The molecule has 0 bridgehead atoms. The Morgan fingerprint density at radius 3 is 1.50 bits per heavy atom. The molecular weight excluding hydrogens is 144 g/mol. The van der Waals surface area contributed by atoms with Crippen LogP contribution >= 0.6 is 0 Å². The van der Waals surface area contributed by atoms with Crippen molar-refractivity contribution in [3.05, 3.63) is 0 Å². The van der Waals surface area contributed by atoms with E-state index in [1.807, 2.05) is 0 Å². The van der Waals surface area contributed by atoms with Crippen molar-refractivity contribution < 1.29 is 0 Å². The Labute approximate surface area is 76.8 Å². The van der Waals surface area contributed by atoms with Gasteiger partial charge < -0.3 is 0 Å². The summed E-state index contributed by atoms with van der Waals surface area (Å²) >= 11 is 0. The Kier molecular flexibility index (Phi) is 6.31. The van der Waals surface area contributed by atoms with E-state index in [0.29, 0.717) is 11.8 Å². The molecule has 0 spiro atoms. The molecular formula is C12H18. The van der Waals surface area contributed by atoms with Crippen LogP contribution in [0.25, 0.3) is 0 Å². The lowest BCUT2D eigenvalue weighted by molar-refractivity contribution is 0.539. The zero-order valence-electron chi connectivity index (χ0n) is 8.14. The summed E-state index contributed by atoms with van der Waals surface area (Å²) in [5, 5.41) is 0. The van der Waals surface area contributed by atoms with Gasteiger partial charge in [-0.1, -0.05) is 26.7 Å². The number of unbranched alkanes of at least 4 members (excludes halogenated alkanes) is 1. The molecule has 2 atom stereocenters. The highest BCUT2D eigenvalue weighted by molar-refractivity contribution is 4.91. The third-order valence-electron chi connectivity index (χ3n) is 2.09. The first-order valence-corrected chi connectivity index (χ1v) is 4.63. The van der Waals surface area contributed by atoms with Gasteiger partial charge >= 0.3 is 0 Å². The highest BCUT2D eigenvalue weighted by Gasteiger charge is 1.99. The summed E-state index contributed by atoms with van der Waals surface area (Å²) in [6.07, 6.45) is 15.2. The summed E-state index contributed by atoms with van der Waals surface area (Å²) < 4.78 is 0. The van der Waals surface area contributed by atoms with E-state index < -0.39 is 0 Å². The van der Waals surface area contributed by atoms with Gasteiger partial charge in [-0.2, -0.15) is 0 Å². The maximum Gasteiger partial charge on any atom is 0.0171 e. The predicted octanol–water partition coefficient (Wildman–Crippen LogP) is 3.09. The molecule has 0 nitrogen and oxygen atoms in total. The van der Waals surface area contributed by atoms with Gasteiger partial charge in [-0.15, -0.1) is 24.7 Å². The second kappa shape index (κ2) is 6.81. The Bertz CT molecular complexity index is 155. The van der Waals surface area contributed by atoms with Gasteiger partial charge in [-0.3, -0.25) is 0 Å². The van der Waals surface area contributed by atoms with Gasteiger partial charge in [0, 0.05) is 11.8 Å². The first-order valence-electron chi connectivity index (χ1n) is 4.63. The van der Waals surface area contributed by atoms with Crippen molar-refractivity contribution in [3.8, 4) is 24.7 Å². The van der Waals surface area contributed by atoms with E-state index in [0.717, 1.165) is 12.8 Å². The quantitative estimate of drug-likeness (QED) is 0.430. The van der Waals surface area contributed by atoms with Crippen molar-refractivity contribution in [2.75, 3.05) is 0 Å². The molecule has 0 aromatic rings. The molecule has 12 heavy (non-hydrogen) atoms. The van der Waals surface area contributed by atoms with Crippen LogP contribution in [0.4, 0.5) is 0 Å². The minimum Gasteiger partial charge on any atom is -0.120 e. The molecule has 0 radical (unpaired) electrons. The molecule has 0 aliphatic rings. The summed E-state index contributed by atoms with van der Waals surface area (Å²) in [7, 11) is 0. The fourth-order valence-electron chi connectivity index (χ4n) is 1.07. The Hall–Kier alpha value is -0.880. The van der Waals surface area contributed by atoms with Crippen LogP contribution in [0.15, 0.2) is 0 Å². The minimum absolute atomic E-state index is 0.422. The Balaban J connectivity index is 3.24. The van der Waals surface area contributed by atoms with Crippen LogP contribution in [-0.4, -0.2) is 0 Å². The van der Waals surface area contributed by atoms with E-state index in [-0.39, 0.29) is 0 Å². The molecule has 0 heterocycles. The summed E-state index contributed by atoms with van der Waals surface area (Å²) in [6, 6.07) is 0. The molecule has 0 aromatic heterocycles. The molecule has 2 unspecified atom stereocenters. The molecule has 66 valence electrons. The zero-order valence-corrected chi connectivity index (χ0v) is 8.14. The second-order valence-corrected chi connectivity index (χ2v) is 3.42. The van der Waals surface area contributed by atoms with Gasteiger partial charge in [0.1, 0.15) is 0 Å². The van der Waals surface area contributed by atoms with Crippen molar-refractivity contribution in [2.45, 2.75) is 39.5 Å². The molecule has 0 fully saturated rings. The minimum atomic E-state index is 0.422. The normalized spacial score (nSPS) is 14.3. The van der Waals surface area contributed by atoms with E-state index in [2.05, 4.69) is 25.7 Å². The second-order valence-electron chi connectivity index (χ2n) is 3.42. The number of hydrogen-bond acceptors (Lipinski definition) is 0. The summed E-state index contributed by atoms with van der Waals surface area (Å²) in [5.41, 5.74) is 0. The van der Waals surface area contributed by atoms with Gasteiger partial charge in [-0.05, 0) is 12.8 Å². The molecule has 0 aliphatic heterocycles. The lowest BCUT2D eigenvalue weighted by Gasteiger charge is -2.05. The molecule has 0 amide bonds. The average Bonchev–Trinajstić information content (AvgIpc) is 2.11. The smallest absolute Gasteiger partial charge is 0.0171 e. The molecule has 0 rings (SSSR count). The third kappa shape index (κ3) is 5.87. The summed E-state index contributed by atoms with van der Waals surface area (Å²) in [4.78, 5) is 0. The topological polar surface area (TPSA) is 0 Å². The van der Waals surface area contributed by atoms with Gasteiger partial charge in [0.05, 0.1) is 0 Å². The van der Waals surface area contributed by atoms with Crippen LogP contribution in [0.3, 0.4) is 0 Å². The third-order valence-corrected chi connectivity index (χ3v) is 2.09. The van der Waals surface area contributed by atoms with Crippen LogP contribution in [0.5, 0.6) is 0 Å². The Morgan fingerprint density at radius 2 is 1.25 bits per heavy atom. The molecule has 0 saturated heterocycles. The van der Waals surface area contributed by atoms with E-state index >= 15 is 0 Å². The lowest BCUT2D eigenvalue weighted by atomic mass is 10.00. The first kappa shape index (κ1) is 11.1. The van der Waals surface area contributed by atoms with Crippen LogP contribution in [0, 0.1) is 36.5 Å². The van der Waals surface area contributed by atoms with E-state index in [9.17, 15) is 0 Å². The maximum atomic E-state index is 5.26. The zero-order chi connectivity index (χ0) is 9.40. The number of rotatable bonds is 5. The van der Waals surface area contributed by atoms with Crippen molar-refractivity contribution in [1.29, 1.82) is 0 Å². The monoisotopic (exact) mass is 162 g/mol. The van der Waals surface area contributed by atoms with Crippen LogP contribution < -0.4 is 0 Å². The molecule has 0 saturated carbocycles. The molecule has 0 aromatic carbocycles. The SMILES string of the molecule is C#CC(C)CCCCC(C)C#C. The van der Waals surface area contributed by atoms with E-state index in [1.54, 1.807) is 0 Å². The highest BCUT2D eigenvalue weighted by Crippen LogP contribution is 2.11. The highest BCUT2D eigenvalue weighted by atomic mass is 14.0. The summed E-state index contributed by atoms with van der Waals surface area (Å²) in [6.45, 7) is 4.18. The van der Waals surface area contributed by atoms with Gasteiger partial charge in [0.15, 0.2) is 0 Å². The Morgan fingerprint density at radius 1 is 0.917 bits per heavy atom. The van der Waals surface area contributed by atoms with Gasteiger partial charge in [0.2, 0.25) is 0 Å². The number of hydrogen-bond donors (Lipinski definition) is 0. The molecule has 0 heteroatoms. The summed E-state index contributed by atoms with van der Waals surface area (Å²) in [5.74, 6) is 6.30. The van der Waals surface area contributed by atoms with Crippen molar-refractivity contribution in [2.24, 2.45) is 11.8 Å². The first-order chi connectivity index (χ1) is 5.70. The van der Waals surface area contributed by atoms with Gasteiger partial charge in [0.25, 0.3) is 0 Å². The van der Waals surface area contributed by atoms with Crippen molar-refractivity contribution in [3.63, 3.8) is 0 Å². The largest absolute Gasteiger partial charge is 0.120 e. The van der Waals surface area contributed by atoms with Crippen LogP contribution in [-0.2, 0) is 0 Å². The molecule has 0 aliphatic carbocycles. The van der Waals surface area contributed by atoms with Crippen molar-refractivity contribution in [1.82, 2.24) is 0 Å². The lowest BCUT2D eigenvalue weighted by Crippen LogP contribution is -1.93. The van der Waals surface area contributed by atoms with Crippen LogP contribution in [0.1, 0.15) is 39.5 Å². The predicted molar refractivity (Wildman–Crippen MR) is 54.5 cm³/mol. The average molecular weight is 162 g/mol.